The number of rotatable bonds is 2. The van der Waals surface area contributed by atoms with E-state index in [2.05, 4.69) is 4.90 Å². The van der Waals surface area contributed by atoms with Gasteiger partial charge in [0.05, 0.1) is 5.41 Å². The van der Waals surface area contributed by atoms with Crippen LogP contribution in [0.25, 0.3) is 0 Å². The summed E-state index contributed by atoms with van der Waals surface area (Å²) in [5.41, 5.74) is 4.46. The van der Waals surface area contributed by atoms with Crippen LogP contribution in [0.5, 0.6) is 17.2 Å². The molecule has 0 amide bonds. The van der Waals surface area contributed by atoms with Crippen molar-refractivity contribution in [2.45, 2.75) is 12.0 Å². The van der Waals surface area contributed by atoms with Gasteiger partial charge in [-0.05, 0) is 47.0 Å². The zero-order valence-corrected chi connectivity index (χ0v) is 17.4. The molecular weight excluding hydrogens is 424 g/mol. The SMILES string of the molecule is Oc1cc2c(cc1O)C1(CO2)c2ccccc2N(Cc2ccc(F)c(F)c2)c2ccccc21. The molecule has 2 N–H and O–H groups in total. The van der Waals surface area contributed by atoms with E-state index in [1.165, 1.54) is 12.1 Å². The highest BCUT2D eigenvalue weighted by Crippen LogP contribution is 2.58. The van der Waals surface area contributed by atoms with Gasteiger partial charge in [-0.25, -0.2) is 8.78 Å². The molecule has 6 heteroatoms. The Morgan fingerprint density at radius 3 is 2.06 bits per heavy atom. The quantitative estimate of drug-likeness (QED) is 0.387. The highest BCUT2D eigenvalue weighted by molar-refractivity contribution is 5.82. The molecule has 1 spiro atoms. The van der Waals surface area contributed by atoms with Crippen molar-refractivity contribution in [3.05, 3.63) is 113 Å². The number of anilines is 2. The summed E-state index contributed by atoms with van der Waals surface area (Å²) in [5.74, 6) is -1.68. The smallest absolute Gasteiger partial charge is 0.161 e. The lowest BCUT2D eigenvalue weighted by molar-refractivity contribution is 0.311. The van der Waals surface area contributed by atoms with Crippen LogP contribution in [0.3, 0.4) is 0 Å². The van der Waals surface area contributed by atoms with Gasteiger partial charge in [0.1, 0.15) is 12.4 Å². The molecule has 6 rings (SSSR count). The number of hydrogen-bond acceptors (Lipinski definition) is 4. The number of hydrogen-bond donors (Lipinski definition) is 2. The van der Waals surface area contributed by atoms with E-state index in [1.807, 2.05) is 48.5 Å². The molecular formula is C27H19F2NO3. The minimum atomic E-state index is -0.879. The van der Waals surface area contributed by atoms with Gasteiger partial charge >= 0.3 is 0 Å². The molecule has 0 saturated heterocycles. The molecule has 4 nitrogen and oxygen atoms in total. The zero-order valence-electron chi connectivity index (χ0n) is 17.4. The molecule has 0 aliphatic carbocycles. The Morgan fingerprint density at radius 2 is 1.39 bits per heavy atom. The van der Waals surface area contributed by atoms with E-state index < -0.39 is 17.0 Å². The Hall–Kier alpha value is -4.06. The van der Waals surface area contributed by atoms with E-state index in [4.69, 9.17) is 4.74 Å². The van der Waals surface area contributed by atoms with Crippen molar-refractivity contribution in [1.29, 1.82) is 0 Å². The number of phenolic OH excluding ortho intramolecular Hbond substituents is 2. The summed E-state index contributed by atoms with van der Waals surface area (Å²) in [7, 11) is 0. The summed E-state index contributed by atoms with van der Waals surface area (Å²) >= 11 is 0. The van der Waals surface area contributed by atoms with E-state index in [1.54, 1.807) is 12.1 Å². The summed E-state index contributed by atoms with van der Waals surface area (Å²) in [6, 6.07) is 22.7. The van der Waals surface area contributed by atoms with Crippen LogP contribution >= 0.6 is 0 Å². The van der Waals surface area contributed by atoms with Crippen LogP contribution in [-0.4, -0.2) is 16.8 Å². The third-order valence-electron chi connectivity index (χ3n) is 6.61. The number of nitrogens with zero attached hydrogens (tertiary/aromatic N) is 1. The Bertz CT molecular complexity index is 1370. The van der Waals surface area contributed by atoms with Gasteiger partial charge in [0.2, 0.25) is 0 Å². The lowest BCUT2D eigenvalue weighted by Crippen LogP contribution is -2.39. The predicted octanol–water partition coefficient (Wildman–Crippen LogP) is 5.75. The first-order valence-corrected chi connectivity index (χ1v) is 10.6. The molecule has 0 saturated carbocycles. The molecule has 164 valence electrons. The average Bonchev–Trinajstić information content (AvgIpc) is 3.18. The molecule has 0 bridgehead atoms. The van der Waals surface area contributed by atoms with Gasteiger partial charge in [0.25, 0.3) is 0 Å². The number of para-hydroxylation sites is 2. The fourth-order valence-corrected chi connectivity index (χ4v) is 5.13. The first-order valence-electron chi connectivity index (χ1n) is 10.6. The van der Waals surface area contributed by atoms with Gasteiger partial charge in [-0.1, -0.05) is 42.5 Å². The maximum Gasteiger partial charge on any atom is 0.161 e. The number of ether oxygens (including phenoxy) is 1. The molecule has 4 aromatic carbocycles. The zero-order chi connectivity index (χ0) is 22.7. The van der Waals surface area contributed by atoms with Crippen molar-refractivity contribution in [3.8, 4) is 17.2 Å². The molecule has 2 aliphatic rings. The van der Waals surface area contributed by atoms with Crippen LogP contribution in [0.4, 0.5) is 20.2 Å². The van der Waals surface area contributed by atoms with Crippen molar-refractivity contribution in [1.82, 2.24) is 0 Å². The molecule has 2 aliphatic heterocycles. The third kappa shape index (κ3) is 2.73. The number of aromatic hydroxyl groups is 2. The summed E-state index contributed by atoms with van der Waals surface area (Å²) in [6.45, 7) is 0.647. The van der Waals surface area contributed by atoms with Gasteiger partial charge in [-0.3, -0.25) is 0 Å². The fourth-order valence-electron chi connectivity index (χ4n) is 5.13. The predicted molar refractivity (Wildman–Crippen MR) is 120 cm³/mol. The molecule has 0 aromatic heterocycles. The number of halogens is 2. The second-order valence-corrected chi connectivity index (χ2v) is 8.40. The van der Waals surface area contributed by atoms with Gasteiger partial charge in [0, 0.05) is 29.5 Å². The van der Waals surface area contributed by atoms with E-state index in [9.17, 15) is 19.0 Å². The van der Waals surface area contributed by atoms with Crippen LogP contribution in [-0.2, 0) is 12.0 Å². The minimum Gasteiger partial charge on any atom is -0.504 e. The Balaban J connectivity index is 1.59. The van der Waals surface area contributed by atoms with Crippen molar-refractivity contribution < 1.29 is 23.7 Å². The van der Waals surface area contributed by atoms with Crippen molar-refractivity contribution in [2.75, 3.05) is 11.5 Å². The topological polar surface area (TPSA) is 52.9 Å². The highest BCUT2D eigenvalue weighted by atomic mass is 19.2. The van der Waals surface area contributed by atoms with Crippen LogP contribution in [0.1, 0.15) is 22.3 Å². The Labute approximate surface area is 188 Å². The Morgan fingerprint density at radius 1 is 0.758 bits per heavy atom. The standard InChI is InChI=1S/C27H19F2NO3/c28-20-10-9-16(11-21(20)29)14-30-22-7-3-1-5-17(22)27(18-6-2-4-8-23(18)30)15-33-26-13-25(32)24(31)12-19(26)27/h1-13,31-32H,14-15H2. The average molecular weight is 443 g/mol. The van der Waals surface area contributed by atoms with Crippen LogP contribution in [0.15, 0.2) is 78.9 Å². The summed E-state index contributed by atoms with van der Waals surface area (Å²) in [5, 5.41) is 20.3. The lowest BCUT2D eigenvalue weighted by atomic mass is 9.67. The second-order valence-electron chi connectivity index (χ2n) is 8.40. The Kier molecular flexibility index (Phi) is 4.14. The number of fused-ring (bicyclic) bond motifs is 6. The van der Waals surface area contributed by atoms with Crippen LogP contribution < -0.4 is 9.64 Å². The minimum absolute atomic E-state index is 0.210. The van der Waals surface area contributed by atoms with Crippen LogP contribution in [0, 0.1) is 11.6 Å². The maximum atomic E-state index is 13.9. The second kappa shape index (κ2) is 6.97. The number of benzene rings is 4. The molecule has 0 unspecified atom stereocenters. The normalized spacial score (nSPS) is 15.0. The van der Waals surface area contributed by atoms with Crippen molar-refractivity contribution >= 4 is 11.4 Å². The van der Waals surface area contributed by atoms with E-state index in [-0.39, 0.29) is 11.5 Å². The largest absolute Gasteiger partial charge is 0.504 e. The van der Waals surface area contributed by atoms with Gasteiger partial charge in [0.15, 0.2) is 23.1 Å². The van der Waals surface area contributed by atoms with E-state index >= 15 is 0 Å². The summed E-state index contributed by atoms with van der Waals surface area (Å²) in [4.78, 5) is 2.08. The highest BCUT2D eigenvalue weighted by Gasteiger charge is 2.50. The van der Waals surface area contributed by atoms with E-state index in [0.717, 1.165) is 34.1 Å². The van der Waals surface area contributed by atoms with Gasteiger partial charge in [-0.2, -0.15) is 0 Å². The van der Waals surface area contributed by atoms with Crippen molar-refractivity contribution in [2.24, 2.45) is 0 Å². The first-order chi connectivity index (χ1) is 16.0. The molecule has 0 fully saturated rings. The fraction of sp³-hybridized carbons (Fsp3) is 0.111. The van der Waals surface area contributed by atoms with Crippen molar-refractivity contribution in [3.63, 3.8) is 0 Å². The molecule has 33 heavy (non-hydrogen) atoms. The lowest BCUT2D eigenvalue weighted by Gasteiger charge is -2.43. The van der Waals surface area contributed by atoms with Gasteiger partial charge in [-0.15, -0.1) is 0 Å². The summed E-state index contributed by atoms with van der Waals surface area (Å²) in [6.07, 6.45) is 0. The van der Waals surface area contributed by atoms with E-state index in [0.29, 0.717) is 24.5 Å². The maximum absolute atomic E-state index is 13.9. The summed E-state index contributed by atoms with van der Waals surface area (Å²) < 4.78 is 33.5. The monoisotopic (exact) mass is 443 g/mol. The third-order valence-corrected chi connectivity index (χ3v) is 6.61. The number of phenols is 2. The molecule has 4 aromatic rings. The molecule has 2 heterocycles. The van der Waals surface area contributed by atoms with Gasteiger partial charge < -0.3 is 19.8 Å². The molecule has 0 radical (unpaired) electrons. The van der Waals surface area contributed by atoms with Crippen LogP contribution in [0.2, 0.25) is 0 Å². The molecule has 0 atom stereocenters. The first kappa shape index (κ1) is 19.6.